The molecule has 0 radical (unpaired) electrons. The van der Waals surface area contributed by atoms with Crippen LogP contribution in [0.25, 0.3) is 0 Å². The summed E-state index contributed by atoms with van der Waals surface area (Å²) in [5, 5.41) is 10.0. The summed E-state index contributed by atoms with van der Waals surface area (Å²) in [5.41, 5.74) is 0.160. The van der Waals surface area contributed by atoms with E-state index in [1.165, 1.54) is 4.90 Å². The maximum absolute atomic E-state index is 11.9. The van der Waals surface area contributed by atoms with Crippen molar-refractivity contribution < 1.29 is 14.6 Å². The Hall–Kier alpha value is -1.69. The Morgan fingerprint density at radius 3 is 2.74 bits per heavy atom. The Bertz CT molecular complexity index is 444. The van der Waals surface area contributed by atoms with Crippen LogP contribution < -0.4 is 0 Å². The van der Waals surface area contributed by atoms with Crippen LogP contribution in [-0.2, 0) is 4.74 Å². The first-order chi connectivity index (χ1) is 8.87. The van der Waals surface area contributed by atoms with E-state index < -0.39 is 17.8 Å². The summed E-state index contributed by atoms with van der Waals surface area (Å²) >= 11 is 0. The zero-order valence-corrected chi connectivity index (χ0v) is 11.4. The van der Waals surface area contributed by atoms with Gasteiger partial charge in [-0.15, -0.1) is 0 Å². The fourth-order valence-corrected chi connectivity index (χ4v) is 2.05. The number of β-amino-alcohol motifs (C(OH)–C–C–N with tert-alkyl or cyclic N) is 1. The molecule has 0 aliphatic carbocycles. The van der Waals surface area contributed by atoms with E-state index in [0.29, 0.717) is 12.2 Å². The van der Waals surface area contributed by atoms with Gasteiger partial charge in [0.15, 0.2) is 0 Å². The van der Waals surface area contributed by atoms with Crippen LogP contribution in [0.5, 0.6) is 0 Å². The molecule has 104 valence electrons. The van der Waals surface area contributed by atoms with Crippen LogP contribution in [0, 0.1) is 0 Å². The summed E-state index contributed by atoms with van der Waals surface area (Å²) in [5.74, 6) is -0.207. The molecule has 0 spiro atoms. The monoisotopic (exact) mass is 265 g/mol. The van der Waals surface area contributed by atoms with Crippen molar-refractivity contribution in [3.8, 4) is 0 Å². The molecular weight excluding hydrogens is 246 g/mol. The van der Waals surface area contributed by atoms with Gasteiger partial charge in [-0.1, -0.05) is 0 Å². The lowest BCUT2D eigenvalue weighted by Crippen LogP contribution is -2.35. The van der Waals surface area contributed by atoms with Gasteiger partial charge < -0.3 is 14.7 Å². The van der Waals surface area contributed by atoms with E-state index in [1.807, 2.05) is 20.8 Å². The molecular formula is C13H19N3O3. The minimum Gasteiger partial charge on any atom is -0.444 e. The van der Waals surface area contributed by atoms with Gasteiger partial charge in [0.2, 0.25) is 0 Å². The molecule has 2 rings (SSSR count). The number of aliphatic hydroxyl groups is 1. The number of hydrogen-bond donors (Lipinski definition) is 1. The maximum Gasteiger partial charge on any atom is 0.410 e. The standard InChI is InChI=1S/C13H19N3O3/c1-13(2,3)19-12(18)16-7-9(11(17)8-16)10-6-14-4-5-15-10/h4-6,9,11,17H,7-8H2,1-3H3. The lowest BCUT2D eigenvalue weighted by Gasteiger charge is -2.24. The minimum absolute atomic E-state index is 0.207. The quantitative estimate of drug-likeness (QED) is 0.825. The average Bonchev–Trinajstić information content (AvgIpc) is 2.70. The summed E-state index contributed by atoms with van der Waals surface area (Å²) in [4.78, 5) is 21.6. The van der Waals surface area contributed by atoms with Crippen molar-refractivity contribution in [2.75, 3.05) is 13.1 Å². The average molecular weight is 265 g/mol. The van der Waals surface area contributed by atoms with Gasteiger partial charge in [0.25, 0.3) is 0 Å². The van der Waals surface area contributed by atoms with E-state index in [0.717, 1.165) is 0 Å². The predicted octanol–water partition coefficient (Wildman–Crippen LogP) is 1.17. The minimum atomic E-state index is -0.635. The van der Waals surface area contributed by atoms with Gasteiger partial charge >= 0.3 is 6.09 Å². The third-order valence-corrected chi connectivity index (χ3v) is 2.90. The van der Waals surface area contributed by atoms with E-state index in [1.54, 1.807) is 18.6 Å². The van der Waals surface area contributed by atoms with Crippen LogP contribution in [0.2, 0.25) is 0 Å². The van der Waals surface area contributed by atoms with Crippen molar-refractivity contribution in [2.45, 2.75) is 38.4 Å². The molecule has 2 atom stereocenters. The Morgan fingerprint density at radius 1 is 1.42 bits per heavy atom. The second-order valence-corrected chi connectivity index (χ2v) is 5.69. The van der Waals surface area contributed by atoms with Gasteiger partial charge in [-0.25, -0.2) is 4.79 Å². The molecule has 1 saturated heterocycles. The van der Waals surface area contributed by atoms with Gasteiger partial charge in [0.1, 0.15) is 5.60 Å². The number of rotatable bonds is 1. The summed E-state index contributed by atoms with van der Waals surface area (Å²) < 4.78 is 5.29. The number of amides is 1. The number of aromatic nitrogens is 2. The number of nitrogens with zero attached hydrogens (tertiary/aromatic N) is 3. The molecule has 0 saturated carbocycles. The molecule has 2 heterocycles. The van der Waals surface area contributed by atoms with Crippen LogP contribution in [-0.4, -0.2) is 50.9 Å². The SMILES string of the molecule is CC(C)(C)OC(=O)N1CC(O)C(c2cnccn2)C1. The smallest absolute Gasteiger partial charge is 0.410 e. The highest BCUT2D eigenvalue weighted by atomic mass is 16.6. The van der Waals surface area contributed by atoms with Crippen molar-refractivity contribution in [3.05, 3.63) is 24.3 Å². The molecule has 6 heteroatoms. The van der Waals surface area contributed by atoms with Crippen LogP contribution >= 0.6 is 0 Å². The highest BCUT2D eigenvalue weighted by molar-refractivity contribution is 5.68. The summed E-state index contributed by atoms with van der Waals surface area (Å²) in [6.45, 7) is 6.11. The highest BCUT2D eigenvalue weighted by Crippen LogP contribution is 2.26. The zero-order chi connectivity index (χ0) is 14.0. The lowest BCUT2D eigenvalue weighted by molar-refractivity contribution is 0.0270. The molecule has 1 aliphatic rings. The number of carbonyl (C=O) groups is 1. The topological polar surface area (TPSA) is 75.5 Å². The fourth-order valence-electron chi connectivity index (χ4n) is 2.05. The first-order valence-corrected chi connectivity index (χ1v) is 6.29. The number of hydrogen-bond acceptors (Lipinski definition) is 5. The van der Waals surface area contributed by atoms with Gasteiger partial charge in [-0.2, -0.15) is 0 Å². The summed E-state index contributed by atoms with van der Waals surface area (Å²) in [6, 6.07) is 0. The molecule has 19 heavy (non-hydrogen) atoms. The Labute approximate surface area is 112 Å². The lowest BCUT2D eigenvalue weighted by atomic mass is 10.0. The molecule has 1 aromatic heterocycles. The zero-order valence-electron chi connectivity index (χ0n) is 11.4. The highest BCUT2D eigenvalue weighted by Gasteiger charge is 2.37. The van der Waals surface area contributed by atoms with Crippen LogP contribution in [0.4, 0.5) is 4.79 Å². The molecule has 0 aromatic carbocycles. The molecule has 1 fully saturated rings. The molecule has 2 unspecified atom stereocenters. The number of ether oxygens (including phenoxy) is 1. The van der Waals surface area contributed by atoms with Gasteiger partial charge in [0.05, 0.1) is 18.3 Å². The number of likely N-dealkylation sites (tertiary alicyclic amines) is 1. The van der Waals surface area contributed by atoms with E-state index in [2.05, 4.69) is 9.97 Å². The van der Waals surface area contributed by atoms with Crippen molar-refractivity contribution in [1.29, 1.82) is 0 Å². The molecule has 6 nitrogen and oxygen atoms in total. The van der Waals surface area contributed by atoms with Crippen LogP contribution in [0.15, 0.2) is 18.6 Å². The number of aliphatic hydroxyl groups excluding tert-OH is 1. The van der Waals surface area contributed by atoms with Crippen molar-refractivity contribution in [3.63, 3.8) is 0 Å². The predicted molar refractivity (Wildman–Crippen MR) is 68.6 cm³/mol. The molecule has 1 aliphatic heterocycles. The second-order valence-electron chi connectivity index (χ2n) is 5.69. The van der Waals surface area contributed by atoms with Gasteiger partial charge in [0, 0.05) is 31.1 Å². The summed E-state index contributed by atoms with van der Waals surface area (Å²) in [7, 11) is 0. The van der Waals surface area contributed by atoms with E-state index in [9.17, 15) is 9.90 Å². The second kappa shape index (κ2) is 5.13. The van der Waals surface area contributed by atoms with E-state index >= 15 is 0 Å². The van der Waals surface area contributed by atoms with Gasteiger partial charge in [-0.05, 0) is 20.8 Å². The van der Waals surface area contributed by atoms with E-state index in [4.69, 9.17) is 4.74 Å². The largest absolute Gasteiger partial charge is 0.444 e. The van der Waals surface area contributed by atoms with Crippen molar-refractivity contribution in [2.24, 2.45) is 0 Å². The molecule has 1 aromatic rings. The Kier molecular flexibility index (Phi) is 3.71. The maximum atomic E-state index is 11.9. The third-order valence-electron chi connectivity index (χ3n) is 2.90. The van der Waals surface area contributed by atoms with Crippen LogP contribution in [0.1, 0.15) is 32.4 Å². The van der Waals surface area contributed by atoms with Crippen molar-refractivity contribution in [1.82, 2.24) is 14.9 Å². The number of carbonyl (C=O) groups excluding carboxylic acids is 1. The Morgan fingerprint density at radius 2 is 2.16 bits per heavy atom. The summed E-state index contributed by atoms with van der Waals surface area (Å²) in [6.07, 6.45) is 3.74. The van der Waals surface area contributed by atoms with E-state index in [-0.39, 0.29) is 12.5 Å². The van der Waals surface area contributed by atoms with Crippen LogP contribution in [0.3, 0.4) is 0 Å². The fraction of sp³-hybridized carbons (Fsp3) is 0.615. The Balaban J connectivity index is 2.04. The van der Waals surface area contributed by atoms with Crippen molar-refractivity contribution >= 4 is 6.09 Å². The molecule has 1 N–H and O–H groups in total. The van der Waals surface area contributed by atoms with Gasteiger partial charge in [-0.3, -0.25) is 9.97 Å². The third kappa shape index (κ3) is 3.41. The normalized spacial score (nSPS) is 23.5. The first-order valence-electron chi connectivity index (χ1n) is 6.29. The molecule has 1 amide bonds. The first kappa shape index (κ1) is 13.7. The molecule has 0 bridgehead atoms.